The fraction of sp³-hybridized carbons (Fsp3) is 0.538. The molecule has 0 saturated carbocycles. The van der Waals surface area contributed by atoms with Crippen LogP contribution in [0, 0.1) is 13.8 Å². The molecule has 1 heterocycles. The molecule has 1 atom stereocenters. The summed E-state index contributed by atoms with van der Waals surface area (Å²) in [5.41, 5.74) is 4.30. The van der Waals surface area contributed by atoms with Gasteiger partial charge in [0.1, 0.15) is 5.75 Å². The van der Waals surface area contributed by atoms with E-state index in [1.54, 1.807) is 0 Å². The van der Waals surface area contributed by atoms with Gasteiger partial charge in [0.05, 0.1) is 0 Å². The topological polar surface area (TPSA) is 9.23 Å². The molecule has 1 aliphatic rings. The summed E-state index contributed by atoms with van der Waals surface area (Å²) in [7, 11) is -1.61. The molecule has 3 heteroatoms. The summed E-state index contributed by atoms with van der Waals surface area (Å²) in [6.45, 7) is 11.0. The molecule has 0 aromatic heterocycles. The standard InChI is InChI=1S/C13H19ClOSi/c1-6-11-12-9(3)13(14)8(2)7-10(12)15-16(11,4)5/h7,11H,6H2,1-5H3. The van der Waals surface area contributed by atoms with Crippen molar-refractivity contribution >= 4 is 19.9 Å². The summed E-state index contributed by atoms with van der Waals surface area (Å²) in [6, 6.07) is 2.11. The SMILES string of the molecule is CCC1c2c(cc(C)c(Cl)c2C)O[Si]1(C)C. The number of halogens is 1. The molecule has 0 amide bonds. The van der Waals surface area contributed by atoms with Crippen LogP contribution in [-0.4, -0.2) is 8.32 Å². The lowest BCUT2D eigenvalue weighted by molar-refractivity contribution is 0.564. The molecule has 0 aliphatic carbocycles. The Morgan fingerprint density at radius 3 is 2.56 bits per heavy atom. The summed E-state index contributed by atoms with van der Waals surface area (Å²) in [6.07, 6.45) is 1.15. The van der Waals surface area contributed by atoms with E-state index < -0.39 is 8.32 Å². The Bertz CT molecular complexity index is 440. The van der Waals surface area contributed by atoms with Crippen molar-refractivity contribution in [3.63, 3.8) is 0 Å². The molecule has 0 bridgehead atoms. The highest BCUT2D eigenvalue weighted by Crippen LogP contribution is 2.48. The van der Waals surface area contributed by atoms with E-state index in [4.69, 9.17) is 16.0 Å². The summed E-state index contributed by atoms with van der Waals surface area (Å²) in [4.78, 5) is 0. The van der Waals surface area contributed by atoms with Gasteiger partial charge < -0.3 is 4.43 Å². The van der Waals surface area contributed by atoms with Crippen LogP contribution in [0.25, 0.3) is 0 Å². The maximum absolute atomic E-state index is 6.34. The van der Waals surface area contributed by atoms with Gasteiger partial charge in [-0.25, -0.2) is 0 Å². The quantitative estimate of drug-likeness (QED) is 0.667. The number of rotatable bonds is 1. The Morgan fingerprint density at radius 2 is 2.00 bits per heavy atom. The Morgan fingerprint density at radius 1 is 1.38 bits per heavy atom. The van der Waals surface area contributed by atoms with E-state index in [0.29, 0.717) is 5.54 Å². The minimum Gasteiger partial charge on any atom is -0.543 e. The van der Waals surface area contributed by atoms with Crippen LogP contribution in [0.15, 0.2) is 6.07 Å². The van der Waals surface area contributed by atoms with E-state index in [2.05, 4.69) is 33.0 Å². The van der Waals surface area contributed by atoms with E-state index in [-0.39, 0.29) is 0 Å². The van der Waals surface area contributed by atoms with Crippen LogP contribution in [0.2, 0.25) is 18.1 Å². The van der Waals surface area contributed by atoms with E-state index >= 15 is 0 Å². The zero-order valence-corrected chi connectivity index (χ0v) is 12.4. The molecule has 88 valence electrons. The third-order valence-corrected chi connectivity index (χ3v) is 7.36. The van der Waals surface area contributed by atoms with Crippen LogP contribution < -0.4 is 4.43 Å². The average molecular weight is 255 g/mol. The third-order valence-electron chi connectivity index (χ3n) is 3.66. The first-order chi connectivity index (χ1) is 7.38. The number of fused-ring (bicyclic) bond motifs is 1. The molecule has 0 radical (unpaired) electrons. The van der Waals surface area contributed by atoms with Crippen LogP contribution in [0.4, 0.5) is 0 Å². The number of benzene rings is 1. The molecular weight excluding hydrogens is 236 g/mol. The maximum atomic E-state index is 6.34. The van der Waals surface area contributed by atoms with Gasteiger partial charge in [0, 0.05) is 16.1 Å². The molecule has 0 N–H and O–H groups in total. The smallest absolute Gasteiger partial charge is 0.252 e. The monoisotopic (exact) mass is 254 g/mol. The average Bonchev–Trinajstić information content (AvgIpc) is 2.44. The predicted octanol–water partition coefficient (Wildman–Crippen LogP) is 4.59. The fourth-order valence-electron chi connectivity index (χ4n) is 2.85. The first kappa shape index (κ1) is 12.0. The van der Waals surface area contributed by atoms with Gasteiger partial charge >= 0.3 is 0 Å². The second-order valence-corrected chi connectivity index (χ2v) is 9.70. The van der Waals surface area contributed by atoms with Crippen molar-refractivity contribution in [1.29, 1.82) is 0 Å². The maximum Gasteiger partial charge on any atom is 0.252 e. The number of hydrogen-bond donors (Lipinski definition) is 0. The number of hydrogen-bond acceptors (Lipinski definition) is 1. The van der Waals surface area contributed by atoms with Gasteiger partial charge in [0.2, 0.25) is 0 Å². The van der Waals surface area contributed by atoms with Gasteiger partial charge in [-0.2, -0.15) is 0 Å². The van der Waals surface area contributed by atoms with Crippen molar-refractivity contribution in [2.45, 2.75) is 45.8 Å². The third kappa shape index (κ3) is 1.59. The van der Waals surface area contributed by atoms with Crippen molar-refractivity contribution in [2.24, 2.45) is 0 Å². The van der Waals surface area contributed by atoms with Crippen LogP contribution in [0.1, 0.15) is 35.6 Å². The molecule has 1 aromatic rings. The van der Waals surface area contributed by atoms with Gasteiger partial charge in [-0.15, -0.1) is 0 Å². The predicted molar refractivity (Wildman–Crippen MR) is 72.1 cm³/mol. The molecule has 2 rings (SSSR count). The second kappa shape index (κ2) is 3.78. The molecular formula is C13H19ClOSi. The highest BCUT2D eigenvalue weighted by Gasteiger charge is 2.44. The van der Waals surface area contributed by atoms with Gasteiger partial charge in [0.15, 0.2) is 0 Å². The minimum absolute atomic E-state index is 0.584. The Hall–Kier alpha value is -0.473. The van der Waals surface area contributed by atoms with Gasteiger partial charge in [-0.05, 0) is 50.6 Å². The van der Waals surface area contributed by atoms with Crippen LogP contribution >= 0.6 is 11.6 Å². The minimum atomic E-state index is -1.61. The lowest BCUT2D eigenvalue weighted by Crippen LogP contribution is -2.36. The van der Waals surface area contributed by atoms with Crippen LogP contribution in [0.5, 0.6) is 5.75 Å². The number of aryl methyl sites for hydroxylation is 1. The fourth-order valence-corrected chi connectivity index (χ4v) is 5.92. The summed E-state index contributed by atoms with van der Waals surface area (Å²) >= 11 is 6.34. The normalized spacial score (nSPS) is 21.8. The van der Waals surface area contributed by atoms with Crippen molar-refractivity contribution in [3.8, 4) is 5.75 Å². The van der Waals surface area contributed by atoms with Crippen LogP contribution in [0.3, 0.4) is 0 Å². The molecule has 1 unspecified atom stereocenters. The highest BCUT2D eigenvalue weighted by molar-refractivity contribution is 6.74. The molecule has 0 saturated heterocycles. The molecule has 1 nitrogen and oxygen atoms in total. The lowest BCUT2D eigenvalue weighted by atomic mass is 10.00. The molecule has 16 heavy (non-hydrogen) atoms. The van der Waals surface area contributed by atoms with Crippen molar-refractivity contribution in [3.05, 3.63) is 27.8 Å². The van der Waals surface area contributed by atoms with Crippen molar-refractivity contribution in [2.75, 3.05) is 0 Å². The Kier molecular flexibility index (Phi) is 2.83. The molecule has 0 fully saturated rings. The Balaban J connectivity index is 2.65. The summed E-state index contributed by atoms with van der Waals surface area (Å²) < 4.78 is 6.19. The Labute approximate surface area is 104 Å². The molecule has 1 aromatic carbocycles. The zero-order chi connectivity index (χ0) is 12.1. The van der Waals surface area contributed by atoms with E-state index in [1.165, 1.54) is 11.1 Å². The highest BCUT2D eigenvalue weighted by atomic mass is 35.5. The lowest BCUT2D eigenvalue weighted by Gasteiger charge is -2.22. The summed E-state index contributed by atoms with van der Waals surface area (Å²) in [5.74, 6) is 1.09. The van der Waals surface area contributed by atoms with Gasteiger partial charge in [-0.1, -0.05) is 18.5 Å². The van der Waals surface area contributed by atoms with Crippen LogP contribution in [-0.2, 0) is 0 Å². The molecule has 1 aliphatic heterocycles. The second-order valence-electron chi connectivity index (χ2n) is 5.21. The van der Waals surface area contributed by atoms with Crippen molar-refractivity contribution in [1.82, 2.24) is 0 Å². The van der Waals surface area contributed by atoms with E-state index in [9.17, 15) is 0 Å². The van der Waals surface area contributed by atoms with Gasteiger partial charge in [-0.3, -0.25) is 0 Å². The van der Waals surface area contributed by atoms with Gasteiger partial charge in [0.25, 0.3) is 8.32 Å². The zero-order valence-electron chi connectivity index (χ0n) is 10.6. The van der Waals surface area contributed by atoms with E-state index in [0.717, 1.165) is 22.8 Å². The first-order valence-electron chi connectivity index (χ1n) is 5.87. The largest absolute Gasteiger partial charge is 0.543 e. The first-order valence-corrected chi connectivity index (χ1v) is 9.23. The van der Waals surface area contributed by atoms with Crippen molar-refractivity contribution < 1.29 is 4.43 Å². The molecule has 0 spiro atoms. The van der Waals surface area contributed by atoms with E-state index in [1.807, 2.05) is 6.92 Å². The summed E-state index contributed by atoms with van der Waals surface area (Å²) in [5, 5.41) is 0.910.